The van der Waals surface area contributed by atoms with Crippen LogP contribution in [0.15, 0.2) is 100.0 Å². The van der Waals surface area contributed by atoms with E-state index in [-0.39, 0.29) is 0 Å². The minimum absolute atomic E-state index is 0.484. The first-order chi connectivity index (χ1) is 17.0. The molecule has 0 saturated heterocycles. The molecule has 1 aliphatic carbocycles. The minimum Gasteiger partial charge on any atom is -0.349 e. The van der Waals surface area contributed by atoms with Gasteiger partial charge in [0, 0.05) is 17.0 Å². The second kappa shape index (κ2) is 9.18. The molecule has 2 nitrogen and oxygen atoms in total. The lowest BCUT2D eigenvalue weighted by molar-refractivity contribution is -0.642. The van der Waals surface area contributed by atoms with Crippen LogP contribution in [0.2, 0.25) is 0 Å². The van der Waals surface area contributed by atoms with Crippen molar-refractivity contribution >= 4 is 45.1 Å². The molecule has 4 aromatic rings. The first-order valence-corrected chi connectivity index (χ1v) is 13.8. The smallest absolute Gasteiger partial charge is 0.262 e. The Kier molecular flexibility index (Phi) is 5.87. The second-order valence-corrected chi connectivity index (χ2v) is 11.8. The molecule has 1 aliphatic heterocycles. The summed E-state index contributed by atoms with van der Waals surface area (Å²) in [7, 11) is 2.18. The van der Waals surface area contributed by atoms with Crippen molar-refractivity contribution in [1.82, 2.24) is 0 Å². The molecule has 1 N–H and O–H groups in total. The number of thiazole rings is 1. The number of hydrogen-bond donors (Lipinski definition) is 1. The fourth-order valence-electron chi connectivity index (χ4n) is 5.05. The predicted molar refractivity (Wildman–Crippen MR) is 151 cm³/mol. The zero-order valence-electron chi connectivity index (χ0n) is 20.3. The summed E-state index contributed by atoms with van der Waals surface area (Å²) in [4.78, 5) is 1.32. The van der Waals surface area contributed by atoms with Crippen LogP contribution in [0.25, 0.3) is 16.3 Å². The first kappa shape index (κ1) is 22.4. The van der Waals surface area contributed by atoms with Gasteiger partial charge in [-0.3, -0.25) is 0 Å². The summed E-state index contributed by atoms with van der Waals surface area (Å²) < 4.78 is 3.68. The van der Waals surface area contributed by atoms with E-state index in [1.807, 2.05) is 23.1 Å². The van der Waals surface area contributed by atoms with Gasteiger partial charge in [0.1, 0.15) is 11.7 Å². The molecule has 2 aliphatic rings. The highest BCUT2D eigenvalue weighted by Gasteiger charge is 2.23. The van der Waals surface area contributed by atoms with E-state index < -0.39 is 0 Å². The Morgan fingerprint density at radius 2 is 1.71 bits per heavy atom. The summed E-state index contributed by atoms with van der Waals surface area (Å²) >= 11 is 3.72. The molecule has 6 rings (SSSR count). The maximum atomic E-state index is 3.62. The molecule has 0 saturated carbocycles. The molecule has 1 unspecified atom stereocenters. The van der Waals surface area contributed by atoms with E-state index in [9.17, 15) is 0 Å². The van der Waals surface area contributed by atoms with Crippen molar-refractivity contribution in [3.05, 3.63) is 117 Å². The van der Waals surface area contributed by atoms with E-state index in [4.69, 9.17) is 0 Å². The summed E-state index contributed by atoms with van der Waals surface area (Å²) in [6.07, 6.45) is 9.29. The van der Waals surface area contributed by atoms with E-state index in [0.717, 1.165) is 12.8 Å². The monoisotopic (exact) mass is 493 g/mol. The number of allylic oxidation sites excluding steroid dienone is 4. The van der Waals surface area contributed by atoms with Crippen LogP contribution in [0.5, 0.6) is 0 Å². The number of nitrogens with zero attached hydrogens (tertiary/aromatic N) is 1. The van der Waals surface area contributed by atoms with Crippen LogP contribution in [-0.2, 0) is 7.05 Å². The van der Waals surface area contributed by atoms with Crippen LogP contribution in [-0.4, -0.2) is 0 Å². The van der Waals surface area contributed by atoms with Gasteiger partial charge >= 0.3 is 0 Å². The van der Waals surface area contributed by atoms with Crippen LogP contribution in [0.1, 0.15) is 40.5 Å². The van der Waals surface area contributed by atoms with Crippen LogP contribution in [0.4, 0.5) is 5.69 Å². The van der Waals surface area contributed by atoms with Gasteiger partial charge in [-0.25, -0.2) is 0 Å². The molecule has 35 heavy (non-hydrogen) atoms. The van der Waals surface area contributed by atoms with Gasteiger partial charge in [-0.2, -0.15) is 4.57 Å². The van der Waals surface area contributed by atoms with Gasteiger partial charge in [0.25, 0.3) is 5.01 Å². The van der Waals surface area contributed by atoms with Crippen molar-refractivity contribution in [2.24, 2.45) is 7.05 Å². The van der Waals surface area contributed by atoms with E-state index in [2.05, 4.69) is 116 Å². The molecule has 3 aromatic carbocycles. The number of fused-ring (bicyclic) bond motifs is 2. The molecule has 0 bridgehead atoms. The van der Waals surface area contributed by atoms with Crippen molar-refractivity contribution in [3.8, 4) is 0 Å². The van der Waals surface area contributed by atoms with E-state index in [1.54, 1.807) is 0 Å². The fraction of sp³-hybridized carbons (Fsp3) is 0.194. The number of aryl methyl sites for hydroxylation is 3. The topological polar surface area (TPSA) is 15.9 Å². The number of anilines is 1. The highest BCUT2D eigenvalue weighted by atomic mass is 32.2. The summed E-state index contributed by atoms with van der Waals surface area (Å²) in [5.74, 6) is 0.484. The first-order valence-electron chi connectivity index (χ1n) is 12.1. The van der Waals surface area contributed by atoms with Crippen molar-refractivity contribution in [1.29, 1.82) is 0 Å². The van der Waals surface area contributed by atoms with Crippen LogP contribution < -0.4 is 9.88 Å². The Morgan fingerprint density at radius 3 is 2.57 bits per heavy atom. The minimum atomic E-state index is 0.484. The lowest BCUT2D eigenvalue weighted by Crippen LogP contribution is -2.29. The van der Waals surface area contributed by atoms with E-state index >= 15 is 0 Å². The van der Waals surface area contributed by atoms with Gasteiger partial charge in [0.15, 0.2) is 0 Å². The molecule has 0 spiro atoms. The Labute approximate surface area is 215 Å². The summed E-state index contributed by atoms with van der Waals surface area (Å²) in [5.41, 5.74) is 9.33. The van der Waals surface area contributed by atoms with E-state index in [0.29, 0.717) is 5.92 Å². The number of thioether (sulfide) groups is 1. The molecule has 174 valence electrons. The van der Waals surface area contributed by atoms with Gasteiger partial charge in [-0.1, -0.05) is 71.6 Å². The number of benzene rings is 3. The third-order valence-electron chi connectivity index (χ3n) is 6.87. The average molecular weight is 494 g/mol. The largest absolute Gasteiger partial charge is 0.349 e. The third kappa shape index (κ3) is 4.61. The van der Waals surface area contributed by atoms with Crippen LogP contribution in [0.3, 0.4) is 0 Å². The maximum Gasteiger partial charge on any atom is 0.262 e. The Balaban J connectivity index is 1.38. The Morgan fingerprint density at radius 1 is 0.914 bits per heavy atom. The van der Waals surface area contributed by atoms with E-state index in [1.165, 1.54) is 58.7 Å². The SMILES string of the molecule is Cc1ccc2c(c1)S/C(=C\C1=CC(=C/c3sc4cc(C)ccc4[n+]3C)/CC(c3ccccc3)C1)N2. The molecular weight excluding hydrogens is 464 g/mol. The lowest BCUT2D eigenvalue weighted by Gasteiger charge is -2.24. The van der Waals surface area contributed by atoms with Gasteiger partial charge in [0.2, 0.25) is 5.52 Å². The normalized spacial score (nSPS) is 19.7. The quantitative estimate of drug-likeness (QED) is 0.289. The molecule has 1 atom stereocenters. The van der Waals surface area contributed by atoms with Gasteiger partial charge in [0.05, 0.1) is 10.7 Å². The Hall–Kier alpha value is -3.08. The standard InChI is InChI=1S/C31H28N2S2/c1-20-9-11-26-28(13-20)34-30(32-26)18-22-15-23(17-25(16-22)24-7-5-4-6-8-24)19-31-33(3)27-12-10-21(2)14-29(27)35-31/h4-15,18-19,25H,16-17H2,1-3H3/p+1. The second-order valence-electron chi connectivity index (χ2n) is 9.66. The number of hydrogen-bond acceptors (Lipinski definition) is 3. The molecule has 0 fully saturated rings. The number of aromatic nitrogens is 1. The molecule has 0 amide bonds. The third-order valence-corrected chi connectivity index (χ3v) is 9.01. The highest BCUT2D eigenvalue weighted by Crippen LogP contribution is 2.43. The summed E-state index contributed by atoms with van der Waals surface area (Å²) in [5, 5.41) is 6.14. The predicted octanol–water partition coefficient (Wildman–Crippen LogP) is 8.29. The maximum absolute atomic E-state index is 3.62. The average Bonchev–Trinajstić information content (AvgIpc) is 3.38. The summed E-state index contributed by atoms with van der Waals surface area (Å²) in [6.45, 7) is 4.32. The zero-order chi connectivity index (χ0) is 23.9. The zero-order valence-corrected chi connectivity index (χ0v) is 22.0. The molecule has 1 aromatic heterocycles. The number of rotatable bonds is 3. The fourth-order valence-corrected chi connectivity index (χ4v) is 7.36. The van der Waals surface area contributed by atoms with Gasteiger partial charge < -0.3 is 5.32 Å². The summed E-state index contributed by atoms with van der Waals surface area (Å²) in [6, 6.07) is 24.4. The Bertz CT molecular complexity index is 1520. The lowest BCUT2D eigenvalue weighted by atomic mass is 9.81. The van der Waals surface area contributed by atoms with Crippen molar-refractivity contribution < 1.29 is 4.57 Å². The molecular formula is C31H29N2S2+. The van der Waals surface area contributed by atoms with Crippen molar-refractivity contribution in [2.45, 2.75) is 37.5 Å². The highest BCUT2D eigenvalue weighted by molar-refractivity contribution is 8.03. The van der Waals surface area contributed by atoms with Crippen LogP contribution >= 0.6 is 23.1 Å². The van der Waals surface area contributed by atoms with Crippen LogP contribution in [0, 0.1) is 13.8 Å². The van der Waals surface area contributed by atoms with Crippen molar-refractivity contribution in [3.63, 3.8) is 0 Å². The number of nitrogens with one attached hydrogen (secondary N) is 1. The molecule has 4 heteroatoms. The van der Waals surface area contributed by atoms with Gasteiger partial charge in [-0.15, -0.1) is 0 Å². The molecule has 2 heterocycles. The van der Waals surface area contributed by atoms with Gasteiger partial charge in [-0.05, 0) is 84.7 Å². The van der Waals surface area contributed by atoms with Crippen molar-refractivity contribution in [2.75, 3.05) is 5.32 Å². The molecule has 0 radical (unpaired) electrons.